The molecule has 0 bridgehead atoms. The summed E-state index contributed by atoms with van der Waals surface area (Å²) in [5, 5.41) is 8.58. The highest BCUT2D eigenvalue weighted by molar-refractivity contribution is 6.16. The zero-order chi connectivity index (χ0) is 36.1. The predicted octanol–water partition coefficient (Wildman–Crippen LogP) is 14.2. The maximum Gasteiger partial charge on any atom is 0.159 e. The molecule has 1 aromatic heterocycles. The highest BCUT2D eigenvalue weighted by Gasteiger charge is 2.50. The summed E-state index contributed by atoms with van der Waals surface area (Å²) < 4.78 is 6.54. The summed E-state index contributed by atoms with van der Waals surface area (Å²) in [5.74, 6) is 0. The molecule has 2 heteroatoms. The highest BCUT2D eigenvalue weighted by atomic mass is 16.3. The van der Waals surface area contributed by atoms with Gasteiger partial charge in [-0.3, -0.25) is 0 Å². The van der Waals surface area contributed by atoms with Gasteiger partial charge in [-0.2, -0.15) is 0 Å². The Hall–Kier alpha value is -7.16. The van der Waals surface area contributed by atoms with Crippen LogP contribution in [0.3, 0.4) is 0 Å². The molecule has 2 aliphatic rings. The lowest BCUT2D eigenvalue weighted by Gasteiger charge is -2.40. The van der Waals surface area contributed by atoms with E-state index in [-0.39, 0.29) is 0 Å². The van der Waals surface area contributed by atoms with Crippen LogP contribution < -0.4 is 5.32 Å². The number of nitrogens with one attached hydrogen (secondary N) is 1. The average molecular weight is 700 g/mol. The van der Waals surface area contributed by atoms with Gasteiger partial charge in [0.2, 0.25) is 0 Å². The number of para-hydroxylation sites is 1. The van der Waals surface area contributed by atoms with Gasteiger partial charge in [0.15, 0.2) is 5.58 Å². The Morgan fingerprint density at radius 3 is 1.82 bits per heavy atom. The van der Waals surface area contributed by atoms with Crippen molar-refractivity contribution in [3.8, 4) is 44.5 Å². The van der Waals surface area contributed by atoms with Gasteiger partial charge in [0.25, 0.3) is 0 Å². The first-order chi connectivity index (χ1) is 27.3. The van der Waals surface area contributed by atoms with E-state index in [9.17, 15) is 0 Å². The zero-order valence-corrected chi connectivity index (χ0v) is 29.9. The van der Waals surface area contributed by atoms with Gasteiger partial charge in [0, 0.05) is 16.5 Å². The molecule has 12 rings (SSSR count). The molecule has 1 atom stereocenters. The number of furan rings is 1. The fourth-order valence-corrected chi connectivity index (χ4v) is 9.79. The van der Waals surface area contributed by atoms with Gasteiger partial charge in [0.05, 0.1) is 11.1 Å². The van der Waals surface area contributed by atoms with Crippen LogP contribution in [-0.2, 0) is 5.41 Å². The minimum absolute atomic E-state index is 0.433. The largest absolute Gasteiger partial charge is 0.454 e. The van der Waals surface area contributed by atoms with Crippen LogP contribution in [0.4, 0.5) is 11.4 Å². The molecule has 0 radical (unpaired) electrons. The second kappa shape index (κ2) is 11.4. The van der Waals surface area contributed by atoms with Gasteiger partial charge in [-0.25, -0.2) is 0 Å². The molecule has 9 aromatic carbocycles. The molecule has 1 unspecified atom stereocenters. The fourth-order valence-electron chi connectivity index (χ4n) is 9.79. The van der Waals surface area contributed by atoms with Crippen LogP contribution in [0.5, 0.6) is 0 Å². The van der Waals surface area contributed by atoms with Crippen LogP contribution in [0.25, 0.3) is 77.2 Å². The third-order valence-corrected chi connectivity index (χ3v) is 12.1. The van der Waals surface area contributed by atoms with E-state index < -0.39 is 5.41 Å². The topological polar surface area (TPSA) is 25.2 Å². The minimum Gasteiger partial charge on any atom is -0.454 e. The molecule has 256 valence electrons. The third-order valence-electron chi connectivity index (χ3n) is 12.1. The third kappa shape index (κ3) is 4.19. The number of rotatable bonds is 4. The Labute approximate surface area is 319 Å². The van der Waals surface area contributed by atoms with E-state index in [2.05, 4.69) is 187 Å². The summed E-state index contributed by atoms with van der Waals surface area (Å²) in [6.07, 6.45) is 0. The molecule has 2 aliphatic carbocycles. The van der Waals surface area contributed by atoms with Crippen molar-refractivity contribution < 1.29 is 4.42 Å². The van der Waals surface area contributed by atoms with E-state index in [0.29, 0.717) is 0 Å². The molecule has 2 nitrogen and oxygen atoms in total. The first-order valence-corrected chi connectivity index (χ1v) is 19.0. The summed E-state index contributed by atoms with van der Waals surface area (Å²) in [5.41, 5.74) is 18.6. The number of benzene rings is 9. The van der Waals surface area contributed by atoms with E-state index in [0.717, 1.165) is 33.3 Å². The first-order valence-electron chi connectivity index (χ1n) is 19.0. The van der Waals surface area contributed by atoms with Gasteiger partial charge >= 0.3 is 0 Å². The SMILES string of the molecule is c1ccc(-c2ccc(Nc3ccc(-c4ccc5c(c4)C4(c6ccccc6-5)c5ccccc5-c5cccc6cccc4c56)cc3)c3oc4ccccc4c23)cc1. The summed E-state index contributed by atoms with van der Waals surface area (Å²) in [7, 11) is 0. The van der Waals surface area contributed by atoms with Gasteiger partial charge in [-0.1, -0.05) is 164 Å². The van der Waals surface area contributed by atoms with Crippen LogP contribution in [0.15, 0.2) is 199 Å². The fraction of sp³-hybridized carbons (Fsp3) is 0.0189. The lowest BCUT2D eigenvalue weighted by atomic mass is 9.61. The summed E-state index contributed by atoms with van der Waals surface area (Å²) in [6.45, 7) is 0. The monoisotopic (exact) mass is 699 g/mol. The maximum atomic E-state index is 6.54. The number of hydrogen-bond acceptors (Lipinski definition) is 2. The smallest absolute Gasteiger partial charge is 0.159 e. The van der Waals surface area contributed by atoms with Crippen LogP contribution in [0, 0.1) is 0 Å². The first kappa shape index (κ1) is 30.3. The Kier molecular flexibility index (Phi) is 6.29. The predicted molar refractivity (Wildman–Crippen MR) is 228 cm³/mol. The lowest BCUT2D eigenvalue weighted by molar-refractivity contribution is 0.670. The second-order valence-corrected chi connectivity index (χ2v) is 14.8. The lowest BCUT2D eigenvalue weighted by Crippen LogP contribution is -2.31. The van der Waals surface area contributed by atoms with Crippen molar-refractivity contribution in [3.63, 3.8) is 0 Å². The maximum absolute atomic E-state index is 6.54. The molecular weight excluding hydrogens is 667 g/mol. The van der Waals surface area contributed by atoms with E-state index in [4.69, 9.17) is 4.42 Å². The quantitative estimate of drug-likeness (QED) is 0.198. The molecule has 1 N–H and O–H groups in total. The van der Waals surface area contributed by atoms with Crippen LogP contribution in [0.2, 0.25) is 0 Å². The second-order valence-electron chi connectivity index (χ2n) is 14.8. The number of anilines is 2. The Balaban J connectivity index is 0.983. The van der Waals surface area contributed by atoms with Crippen molar-refractivity contribution >= 4 is 44.1 Å². The molecule has 0 aliphatic heterocycles. The Morgan fingerprint density at radius 2 is 1.00 bits per heavy atom. The van der Waals surface area contributed by atoms with Gasteiger partial charge in [-0.05, 0) is 108 Å². The van der Waals surface area contributed by atoms with E-state index in [1.165, 1.54) is 77.5 Å². The average Bonchev–Trinajstić information content (AvgIpc) is 3.78. The van der Waals surface area contributed by atoms with E-state index in [1.54, 1.807) is 0 Å². The van der Waals surface area contributed by atoms with Crippen molar-refractivity contribution in [1.29, 1.82) is 0 Å². The van der Waals surface area contributed by atoms with Crippen LogP contribution in [0.1, 0.15) is 22.3 Å². The Morgan fingerprint density at radius 1 is 0.382 bits per heavy atom. The van der Waals surface area contributed by atoms with Crippen molar-refractivity contribution in [2.24, 2.45) is 0 Å². The van der Waals surface area contributed by atoms with Crippen molar-refractivity contribution in [2.45, 2.75) is 5.41 Å². The van der Waals surface area contributed by atoms with Crippen LogP contribution in [-0.4, -0.2) is 0 Å². The van der Waals surface area contributed by atoms with Crippen molar-refractivity contribution in [3.05, 3.63) is 216 Å². The van der Waals surface area contributed by atoms with Gasteiger partial charge in [-0.15, -0.1) is 0 Å². The van der Waals surface area contributed by atoms with Crippen molar-refractivity contribution in [2.75, 3.05) is 5.32 Å². The molecule has 0 amide bonds. The Bertz CT molecular complexity index is 3170. The molecule has 0 saturated carbocycles. The molecule has 0 saturated heterocycles. The molecule has 55 heavy (non-hydrogen) atoms. The van der Waals surface area contributed by atoms with Gasteiger partial charge < -0.3 is 9.73 Å². The summed E-state index contributed by atoms with van der Waals surface area (Å²) in [6, 6.07) is 70.8. The van der Waals surface area contributed by atoms with Crippen LogP contribution >= 0.6 is 0 Å². The minimum atomic E-state index is -0.433. The zero-order valence-electron chi connectivity index (χ0n) is 29.9. The molecule has 1 heterocycles. The normalized spacial score (nSPS) is 15.0. The molecular formula is C53H33NO. The molecule has 10 aromatic rings. The summed E-state index contributed by atoms with van der Waals surface area (Å²) in [4.78, 5) is 0. The molecule has 1 spiro atoms. The van der Waals surface area contributed by atoms with Crippen molar-refractivity contribution in [1.82, 2.24) is 0 Å². The standard InChI is InChI=1S/C53H33NO/c1-2-12-34(13-3-1)38-30-31-48(52-51(38)43-18-6-9-23-49(43)55-52)54-37-27-24-33(25-28-37)36-26-29-41-39-16-4-7-20-44(39)53(47(41)32-36)45-21-8-5-17-40(45)42-19-10-14-35-15-11-22-46(53)50(35)42/h1-32,54H. The number of fused-ring (bicyclic) bond motifs is 12. The number of hydrogen-bond donors (Lipinski definition) is 1. The highest BCUT2D eigenvalue weighted by Crippen LogP contribution is 2.62. The van der Waals surface area contributed by atoms with E-state index in [1.807, 2.05) is 12.1 Å². The summed E-state index contributed by atoms with van der Waals surface area (Å²) >= 11 is 0. The van der Waals surface area contributed by atoms with E-state index >= 15 is 0 Å². The van der Waals surface area contributed by atoms with Gasteiger partial charge in [0.1, 0.15) is 5.58 Å². The molecule has 0 fully saturated rings.